The molecule has 1 aromatic carbocycles. The van der Waals surface area contributed by atoms with Gasteiger partial charge in [0.15, 0.2) is 0 Å². The number of nitrogens with zero attached hydrogens (tertiary/aromatic N) is 2. The highest BCUT2D eigenvalue weighted by molar-refractivity contribution is 5.76. The lowest BCUT2D eigenvalue weighted by molar-refractivity contribution is 0.386. The molecule has 2 N–H and O–H groups in total. The molecule has 0 fully saturated rings. The Morgan fingerprint density at radius 2 is 1.88 bits per heavy atom. The van der Waals surface area contributed by atoms with Crippen LogP contribution in [0, 0.1) is 0 Å². The summed E-state index contributed by atoms with van der Waals surface area (Å²) >= 11 is 0. The molecular weight excluding hydrogens is 198 g/mol. The number of nitrogens with two attached hydrogens (primary N) is 1. The fourth-order valence-electron chi connectivity index (χ4n) is 2.06. The third-order valence-corrected chi connectivity index (χ3v) is 2.66. The highest BCUT2D eigenvalue weighted by atomic mass is 15.1. The molecule has 2 aromatic rings. The predicted octanol–water partition coefficient (Wildman–Crippen LogP) is 2.81. The van der Waals surface area contributed by atoms with Crippen LogP contribution in [0.3, 0.4) is 0 Å². The largest absolute Gasteiger partial charge is 0.322 e. The van der Waals surface area contributed by atoms with Crippen LogP contribution in [0.5, 0.6) is 0 Å². The van der Waals surface area contributed by atoms with Crippen molar-refractivity contribution >= 4 is 11.0 Å². The Labute approximate surface area is 96.3 Å². The van der Waals surface area contributed by atoms with E-state index in [-0.39, 0.29) is 11.6 Å². The maximum absolute atomic E-state index is 5.99. The minimum absolute atomic E-state index is 0.000926. The van der Waals surface area contributed by atoms with Gasteiger partial charge >= 0.3 is 0 Å². The lowest BCUT2D eigenvalue weighted by Gasteiger charge is -2.25. The molecule has 0 aliphatic rings. The second-order valence-electron chi connectivity index (χ2n) is 5.25. The van der Waals surface area contributed by atoms with E-state index >= 15 is 0 Å². The van der Waals surface area contributed by atoms with Crippen LogP contribution < -0.4 is 5.73 Å². The summed E-state index contributed by atoms with van der Waals surface area (Å²) in [6, 6.07) is 8.12. The molecule has 86 valence electrons. The van der Waals surface area contributed by atoms with Gasteiger partial charge in [-0.2, -0.15) is 0 Å². The topological polar surface area (TPSA) is 43.8 Å². The van der Waals surface area contributed by atoms with Crippen LogP contribution >= 0.6 is 0 Å². The van der Waals surface area contributed by atoms with E-state index in [0.29, 0.717) is 0 Å². The number of rotatable bonds is 1. The zero-order chi connectivity index (χ0) is 11.9. The molecule has 3 heteroatoms. The number of aromatic nitrogens is 2. The summed E-state index contributed by atoms with van der Waals surface area (Å²) in [5.74, 6) is 0.952. The Morgan fingerprint density at radius 1 is 1.25 bits per heavy atom. The summed E-state index contributed by atoms with van der Waals surface area (Å²) in [6.07, 6.45) is 0. The summed E-state index contributed by atoms with van der Waals surface area (Å²) in [6.45, 7) is 8.50. The van der Waals surface area contributed by atoms with Gasteiger partial charge in [0.05, 0.1) is 17.1 Å². The molecule has 0 aliphatic carbocycles. The van der Waals surface area contributed by atoms with Gasteiger partial charge in [0.1, 0.15) is 5.82 Å². The van der Waals surface area contributed by atoms with Crippen molar-refractivity contribution in [2.45, 2.75) is 39.3 Å². The number of fused-ring (bicyclic) bond motifs is 1. The van der Waals surface area contributed by atoms with Crippen LogP contribution in [0.2, 0.25) is 0 Å². The van der Waals surface area contributed by atoms with E-state index in [2.05, 4.69) is 36.4 Å². The van der Waals surface area contributed by atoms with Crippen molar-refractivity contribution in [2.75, 3.05) is 0 Å². The number of imidazole rings is 1. The first-order chi connectivity index (χ1) is 7.41. The number of hydrogen-bond acceptors (Lipinski definition) is 2. The van der Waals surface area contributed by atoms with Gasteiger partial charge in [-0.15, -0.1) is 0 Å². The molecule has 16 heavy (non-hydrogen) atoms. The highest BCUT2D eigenvalue weighted by Crippen LogP contribution is 2.27. The van der Waals surface area contributed by atoms with E-state index in [9.17, 15) is 0 Å². The number of para-hydroxylation sites is 2. The van der Waals surface area contributed by atoms with E-state index in [1.54, 1.807) is 0 Å². The van der Waals surface area contributed by atoms with Gasteiger partial charge < -0.3 is 10.3 Å². The summed E-state index contributed by atoms with van der Waals surface area (Å²) in [7, 11) is 0. The second-order valence-corrected chi connectivity index (χ2v) is 5.25. The smallest absolute Gasteiger partial charge is 0.127 e. The van der Waals surface area contributed by atoms with Crippen LogP contribution in [-0.2, 0) is 5.54 Å². The molecule has 1 aromatic heterocycles. The van der Waals surface area contributed by atoms with Crippen molar-refractivity contribution in [2.24, 2.45) is 5.73 Å². The third-order valence-electron chi connectivity index (χ3n) is 2.66. The van der Waals surface area contributed by atoms with Crippen LogP contribution in [0.15, 0.2) is 24.3 Å². The number of hydrogen-bond donors (Lipinski definition) is 1. The summed E-state index contributed by atoms with van der Waals surface area (Å²) in [4.78, 5) is 4.62. The van der Waals surface area contributed by atoms with E-state index in [1.165, 1.54) is 0 Å². The Hall–Kier alpha value is -1.35. The normalized spacial score (nSPS) is 14.3. The monoisotopic (exact) mass is 217 g/mol. The van der Waals surface area contributed by atoms with Gasteiger partial charge in [0.2, 0.25) is 0 Å². The molecule has 0 saturated heterocycles. The van der Waals surface area contributed by atoms with Crippen molar-refractivity contribution in [3.8, 4) is 0 Å². The Morgan fingerprint density at radius 3 is 2.44 bits per heavy atom. The van der Waals surface area contributed by atoms with Crippen LogP contribution in [-0.4, -0.2) is 9.55 Å². The van der Waals surface area contributed by atoms with Crippen molar-refractivity contribution in [1.82, 2.24) is 9.55 Å². The first-order valence-electron chi connectivity index (χ1n) is 5.64. The highest BCUT2D eigenvalue weighted by Gasteiger charge is 2.22. The van der Waals surface area contributed by atoms with Crippen molar-refractivity contribution in [3.05, 3.63) is 30.1 Å². The minimum atomic E-state index is -0.0494. The molecule has 0 radical (unpaired) electrons. The predicted molar refractivity (Wildman–Crippen MR) is 67.3 cm³/mol. The maximum Gasteiger partial charge on any atom is 0.127 e. The fourth-order valence-corrected chi connectivity index (χ4v) is 2.06. The van der Waals surface area contributed by atoms with E-state index in [4.69, 9.17) is 5.73 Å². The average Bonchev–Trinajstić information content (AvgIpc) is 2.55. The zero-order valence-electron chi connectivity index (χ0n) is 10.4. The van der Waals surface area contributed by atoms with Crippen molar-refractivity contribution in [1.29, 1.82) is 0 Å². The van der Waals surface area contributed by atoms with Crippen LogP contribution in [0.4, 0.5) is 0 Å². The second kappa shape index (κ2) is 3.59. The quantitative estimate of drug-likeness (QED) is 0.798. The minimum Gasteiger partial charge on any atom is -0.322 e. The fraction of sp³-hybridized carbons (Fsp3) is 0.462. The van der Waals surface area contributed by atoms with Crippen molar-refractivity contribution in [3.63, 3.8) is 0 Å². The third kappa shape index (κ3) is 1.71. The first-order valence-corrected chi connectivity index (χ1v) is 5.64. The Balaban J connectivity index is 2.80. The van der Waals surface area contributed by atoms with E-state index < -0.39 is 0 Å². The molecule has 0 saturated carbocycles. The van der Waals surface area contributed by atoms with Gasteiger partial charge in [-0.05, 0) is 39.8 Å². The molecule has 0 bridgehead atoms. The lowest BCUT2D eigenvalue weighted by Crippen LogP contribution is -2.26. The molecule has 0 amide bonds. The standard InChI is InChI=1S/C13H19N3/c1-9(14)12-15-10-7-5-6-8-11(10)16(12)13(2,3)4/h5-9H,14H2,1-4H3. The SMILES string of the molecule is CC(N)c1nc2ccccc2n1C(C)(C)C. The van der Waals surface area contributed by atoms with Gasteiger partial charge in [-0.1, -0.05) is 12.1 Å². The van der Waals surface area contributed by atoms with E-state index in [1.807, 2.05) is 25.1 Å². The molecule has 3 nitrogen and oxygen atoms in total. The van der Waals surface area contributed by atoms with Gasteiger partial charge in [0, 0.05) is 5.54 Å². The zero-order valence-corrected chi connectivity index (χ0v) is 10.4. The molecule has 1 atom stereocenters. The molecule has 0 aliphatic heterocycles. The average molecular weight is 217 g/mol. The summed E-state index contributed by atoms with van der Waals surface area (Å²) in [5, 5.41) is 0. The van der Waals surface area contributed by atoms with Gasteiger partial charge in [-0.25, -0.2) is 4.98 Å². The van der Waals surface area contributed by atoms with Crippen LogP contribution in [0.25, 0.3) is 11.0 Å². The molecule has 2 rings (SSSR count). The maximum atomic E-state index is 5.99. The first kappa shape index (κ1) is 11.1. The van der Waals surface area contributed by atoms with Gasteiger partial charge in [0.25, 0.3) is 0 Å². The molecular formula is C13H19N3. The molecule has 1 heterocycles. The summed E-state index contributed by atoms with van der Waals surface area (Å²) in [5.41, 5.74) is 8.16. The van der Waals surface area contributed by atoms with Gasteiger partial charge in [-0.3, -0.25) is 0 Å². The van der Waals surface area contributed by atoms with Crippen molar-refractivity contribution < 1.29 is 0 Å². The Bertz CT molecular complexity index is 503. The molecule has 0 spiro atoms. The van der Waals surface area contributed by atoms with Crippen LogP contribution in [0.1, 0.15) is 39.6 Å². The number of benzene rings is 1. The lowest BCUT2D eigenvalue weighted by atomic mass is 10.1. The molecule has 1 unspecified atom stereocenters. The Kier molecular flexibility index (Phi) is 2.50. The summed E-state index contributed by atoms with van der Waals surface area (Å²) < 4.78 is 2.23. The van der Waals surface area contributed by atoms with E-state index in [0.717, 1.165) is 16.9 Å².